The molecule has 0 radical (unpaired) electrons. The Bertz CT molecular complexity index is 462. The highest BCUT2D eigenvalue weighted by atomic mass is 35.5. The second-order valence-corrected chi connectivity index (χ2v) is 3.79. The van der Waals surface area contributed by atoms with Crippen molar-refractivity contribution in [2.45, 2.75) is 20.8 Å². The topological polar surface area (TPSA) is 38.1 Å². The van der Waals surface area contributed by atoms with Gasteiger partial charge in [0.15, 0.2) is 5.15 Å². The summed E-state index contributed by atoms with van der Waals surface area (Å²) < 4.78 is 1.61. The first-order chi connectivity index (χ1) is 8.04. The number of carbonyl (C=O) groups is 1. The van der Waals surface area contributed by atoms with Crippen molar-refractivity contribution in [1.29, 1.82) is 0 Å². The molecule has 0 atom stereocenters. The molecular formula is C12H16ClN3O. The lowest BCUT2D eigenvalue weighted by Gasteiger charge is -2.16. The third-order valence-corrected chi connectivity index (χ3v) is 2.68. The van der Waals surface area contributed by atoms with Gasteiger partial charge in [0.2, 0.25) is 5.91 Å². The predicted octanol–water partition coefficient (Wildman–Crippen LogP) is 2.96. The van der Waals surface area contributed by atoms with Gasteiger partial charge in [-0.2, -0.15) is 5.10 Å². The Kier molecular flexibility index (Phi) is 4.52. The van der Waals surface area contributed by atoms with Crippen molar-refractivity contribution in [2.75, 3.05) is 11.4 Å². The average molecular weight is 254 g/mol. The van der Waals surface area contributed by atoms with Crippen LogP contribution in [-0.4, -0.2) is 22.2 Å². The lowest BCUT2D eigenvalue weighted by molar-refractivity contribution is -0.116. The summed E-state index contributed by atoms with van der Waals surface area (Å²) in [5, 5.41) is 4.46. The highest BCUT2D eigenvalue weighted by Gasteiger charge is 2.16. The largest absolute Gasteiger partial charge is 0.309 e. The number of aromatic nitrogens is 2. The molecule has 0 bridgehead atoms. The smallest absolute Gasteiger partial charge is 0.223 e. The first-order valence-corrected chi connectivity index (χ1v) is 5.75. The minimum Gasteiger partial charge on any atom is -0.309 e. The van der Waals surface area contributed by atoms with Crippen molar-refractivity contribution in [3.8, 4) is 0 Å². The first-order valence-electron chi connectivity index (χ1n) is 5.37. The maximum Gasteiger partial charge on any atom is 0.223 e. The van der Waals surface area contributed by atoms with E-state index in [4.69, 9.17) is 11.6 Å². The molecule has 5 heteroatoms. The van der Waals surface area contributed by atoms with Crippen LogP contribution in [0.15, 0.2) is 24.9 Å². The van der Waals surface area contributed by atoms with Crippen LogP contribution in [0.25, 0.3) is 5.70 Å². The van der Waals surface area contributed by atoms with E-state index in [1.807, 2.05) is 19.9 Å². The molecule has 1 rings (SSSR count). The van der Waals surface area contributed by atoms with Crippen molar-refractivity contribution in [3.63, 3.8) is 0 Å². The molecule has 92 valence electrons. The monoisotopic (exact) mass is 253 g/mol. The minimum absolute atomic E-state index is 0.0606. The molecule has 0 unspecified atom stereocenters. The minimum atomic E-state index is -0.0606. The van der Waals surface area contributed by atoms with E-state index >= 15 is 0 Å². The van der Waals surface area contributed by atoms with E-state index in [9.17, 15) is 4.79 Å². The van der Waals surface area contributed by atoms with E-state index in [0.29, 0.717) is 17.4 Å². The van der Waals surface area contributed by atoms with Gasteiger partial charge in [0.25, 0.3) is 0 Å². The summed E-state index contributed by atoms with van der Waals surface area (Å²) in [5.74, 6) is -0.0606. The molecule has 1 aromatic rings. The summed E-state index contributed by atoms with van der Waals surface area (Å²) >= 11 is 6.03. The molecule has 0 aromatic carbocycles. The van der Waals surface area contributed by atoms with E-state index in [1.54, 1.807) is 21.9 Å². The Morgan fingerprint density at radius 1 is 1.71 bits per heavy atom. The molecule has 1 aromatic heterocycles. The molecule has 0 saturated carbocycles. The van der Waals surface area contributed by atoms with Crippen molar-refractivity contribution < 1.29 is 4.79 Å². The molecule has 1 heterocycles. The number of carbonyl (C=O) groups excluding carboxylic acids is 1. The summed E-state index contributed by atoms with van der Waals surface area (Å²) in [5.41, 5.74) is 1.43. The molecule has 0 spiro atoms. The van der Waals surface area contributed by atoms with E-state index < -0.39 is 0 Å². The zero-order chi connectivity index (χ0) is 13.0. The second kappa shape index (κ2) is 5.68. The zero-order valence-corrected chi connectivity index (χ0v) is 11.0. The van der Waals surface area contributed by atoms with Gasteiger partial charge >= 0.3 is 0 Å². The second-order valence-electron chi connectivity index (χ2n) is 3.43. The normalized spacial score (nSPS) is 11.4. The summed E-state index contributed by atoms with van der Waals surface area (Å²) in [4.78, 5) is 13.0. The molecule has 0 fully saturated rings. The Hall–Kier alpha value is -1.55. The lowest BCUT2D eigenvalue weighted by atomic mass is 10.4. The van der Waals surface area contributed by atoms with Crippen molar-refractivity contribution in [1.82, 2.24) is 9.78 Å². The number of amides is 1. The van der Waals surface area contributed by atoms with Crippen LogP contribution in [0.5, 0.6) is 0 Å². The summed E-state index contributed by atoms with van der Waals surface area (Å²) in [6, 6.07) is 0. The van der Waals surface area contributed by atoms with Gasteiger partial charge < -0.3 is 4.90 Å². The van der Waals surface area contributed by atoms with Crippen LogP contribution in [0.4, 0.5) is 5.69 Å². The molecule has 0 aliphatic rings. The number of allylic oxidation sites excluding steroid dienone is 3. The Morgan fingerprint density at radius 3 is 2.76 bits per heavy atom. The van der Waals surface area contributed by atoms with Crippen molar-refractivity contribution >= 4 is 28.9 Å². The van der Waals surface area contributed by atoms with Gasteiger partial charge in [-0.3, -0.25) is 4.79 Å². The van der Waals surface area contributed by atoms with E-state index in [2.05, 4.69) is 11.7 Å². The Labute approximate surface area is 106 Å². The van der Waals surface area contributed by atoms with Gasteiger partial charge in [0, 0.05) is 13.5 Å². The Morgan fingerprint density at radius 2 is 2.35 bits per heavy atom. The molecule has 17 heavy (non-hydrogen) atoms. The molecule has 4 nitrogen and oxygen atoms in total. The van der Waals surface area contributed by atoms with Gasteiger partial charge in [-0.1, -0.05) is 24.3 Å². The first kappa shape index (κ1) is 13.5. The SMILES string of the molecule is C=C/C(=C\C)n1cc(N(CC)C(C)=O)c(Cl)n1. The fourth-order valence-electron chi connectivity index (χ4n) is 1.56. The lowest BCUT2D eigenvalue weighted by Crippen LogP contribution is -2.27. The van der Waals surface area contributed by atoms with Crippen LogP contribution in [0.1, 0.15) is 20.8 Å². The highest BCUT2D eigenvalue weighted by molar-refractivity contribution is 6.32. The van der Waals surface area contributed by atoms with Crippen molar-refractivity contribution in [3.05, 3.63) is 30.1 Å². The number of hydrogen-bond acceptors (Lipinski definition) is 2. The summed E-state index contributed by atoms with van der Waals surface area (Å²) in [7, 11) is 0. The van der Waals surface area contributed by atoms with Crippen LogP contribution in [0, 0.1) is 0 Å². The van der Waals surface area contributed by atoms with Gasteiger partial charge in [-0.25, -0.2) is 4.68 Å². The molecular weight excluding hydrogens is 238 g/mol. The molecule has 0 aliphatic carbocycles. The van der Waals surface area contributed by atoms with Gasteiger partial charge in [-0.05, 0) is 19.9 Å². The standard InChI is InChI=1S/C12H16ClN3O/c1-5-10(6-2)16-8-11(12(13)14-16)15(7-3)9(4)17/h5-6,8H,1,7H2,2-4H3/b10-6+. The maximum atomic E-state index is 11.4. The van der Waals surface area contributed by atoms with Gasteiger partial charge in [0.05, 0.1) is 11.9 Å². The molecule has 0 N–H and O–H groups in total. The number of nitrogens with zero attached hydrogens (tertiary/aromatic N) is 3. The quantitative estimate of drug-likeness (QED) is 0.774. The average Bonchev–Trinajstić information content (AvgIpc) is 2.63. The van der Waals surface area contributed by atoms with E-state index in [-0.39, 0.29) is 5.91 Å². The van der Waals surface area contributed by atoms with Crippen LogP contribution in [0.2, 0.25) is 5.15 Å². The van der Waals surface area contributed by atoms with Gasteiger partial charge in [-0.15, -0.1) is 0 Å². The maximum absolute atomic E-state index is 11.4. The fourth-order valence-corrected chi connectivity index (χ4v) is 1.80. The molecule has 0 saturated heterocycles. The van der Waals surface area contributed by atoms with Gasteiger partial charge in [0.1, 0.15) is 5.69 Å². The van der Waals surface area contributed by atoms with Crippen LogP contribution in [-0.2, 0) is 4.79 Å². The third kappa shape index (κ3) is 2.77. The number of halogens is 1. The highest BCUT2D eigenvalue weighted by Crippen LogP contribution is 2.25. The number of hydrogen-bond donors (Lipinski definition) is 0. The van der Waals surface area contributed by atoms with E-state index in [1.165, 1.54) is 6.92 Å². The predicted molar refractivity (Wildman–Crippen MR) is 71.1 cm³/mol. The van der Waals surface area contributed by atoms with Crippen LogP contribution < -0.4 is 4.90 Å². The molecule has 1 amide bonds. The Balaban J connectivity index is 3.20. The number of rotatable bonds is 4. The zero-order valence-electron chi connectivity index (χ0n) is 10.3. The molecule has 0 aliphatic heterocycles. The van der Waals surface area contributed by atoms with E-state index in [0.717, 1.165) is 5.70 Å². The van der Waals surface area contributed by atoms with Crippen LogP contribution in [0.3, 0.4) is 0 Å². The fraction of sp³-hybridized carbons (Fsp3) is 0.333. The van der Waals surface area contributed by atoms with Crippen molar-refractivity contribution in [2.24, 2.45) is 0 Å². The third-order valence-electron chi connectivity index (χ3n) is 2.41. The summed E-state index contributed by atoms with van der Waals surface area (Å²) in [6.07, 6.45) is 5.27. The summed E-state index contributed by atoms with van der Waals surface area (Å²) in [6.45, 7) is 9.52. The number of anilines is 1. The van der Waals surface area contributed by atoms with Crippen LogP contribution >= 0.6 is 11.6 Å².